The summed E-state index contributed by atoms with van der Waals surface area (Å²) < 4.78 is 1.09. The minimum Gasteiger partial charge on any atom is -0.308 e. The van der Waals surface area contributed by atoms with Crippen LogP contribution in [0, 0.1) is 0 Å². The van der Waals surface area contributed by atoms with E-state index in [9.17, 15) is 4.79 Å². The highest BCUT2D eigenvalue weighted by atomic mass is 32.1. The molecule has 0 spiro atoms. The van der Waals surface area contributed by atoms with E-state index in [0.717, 1.165) is 16.6 Å². The van der Waals surface area contributed by atoms with Crippen LogP contribution in [0.4, 0.5) is 5.13 Å². The van der Waals surface area contributed by atoms with E-state index in [4.69, 9.17) is 12.2 Å². The fraction of sp³-hybridized carbons (Fsp3) is 0.250. The van der Waals surface area contributed by atoms with Crippen molar-refractivity contribution in [1.82, 2.24) is 10.3 Å². The van der Waals surface area contributed by atoms with Crippen LogP contribution in [-0.2, 0) is 4.79 Å². The molecule has 0 saturated heterocycles. The van der Waals surface area contributed by atoms with Crippen LogP contribution >= 0.6 is 23.6 Å². The van der Waals surface area contributed by atoms with Crippen LogP contribution < -0.4 is 10.6 Å². The van der Waals surface area contributed by atoms with Crippen molar-refractivity contribution in [2.45, 2.75) is 19.8 Å². The first-order valence-electron chi connectivity index (χ1n) is 5.65. The highest BCUT2D eigenvalue weighted by molar-refractivity contribution is 7.80. The number of anilines is 1. The van der Waals surface area contributed by atoms with E-state index in [1.54, 1.807) is 0 Å². The summed E-state index contributed by atoms with van der Waals surface area (Å²) >= 11 is 6.56. The second-order valence-electron chi connectivity index (χ2n) is 3.74. The van der Waals surface area contributed by atoms with E-state index in [2.05, 4.69) is 15.6 Å². The summed E-state index contributed by atoms with van der Waals surface area (Å²) in [5.74, 6) is -0.0730. The van der Waals surface area contributed by atoms with Crippen molar-refractivity contribution in [2.75, 3.05) is 5.32 Å². The molecule has 0 unspecified atom stereocenters. The Kier molecular flexibility index (Phi) is 4.22. The van der Waals surface area contributed by atoms with Gasteiger partial charge in [-0.2, -0.15) is 0 Å². The summed E-state index contributed by atoms with van der Waals surface area (Å²) in [4.78, 5) is 15.7. The van der Waals surface area contributed by atoms with Gasteiger partial charge in [0.05, 0.1) is 10.2 Å². The van der Waals surface area contributed by atoms with Crippen LogP contribution in [0.1, 0.15) is 19.8 Å². The zero-order valence-corrected chi connectivity index (χ0v) is 11.5. The molecule has 2 N–H and O–H groups in total. The van der Waals surface area contributed by atoms with Gasteiger partial charge in [-0.05, 0) is 30.8 Å². The van der Waals surface area contributed by atoms with Gasteiger partial charge < -0.3 is 10.6 Å². The van der Waals surface area contributed by atoms with E-state index < -0.39 is 0 Å². The van der Waals surface area contributed by atoms with Gasteiger partial charge in [-0.1, -0.05) is 30.4 Å². The van der Waals surface area contributed by atoms with Crippen molar-refractivity contribution in [3.63, 3.8) is 0 Å². The Bertz CT molecular complexity index is 546. The molecular weight excluding hydrogens is 266 g/mol. The van der Waals surface area contributed by atoms with Gasteiger partial charge in [0.1, 0.15) is 0 Å². The molecule has 94 valence electrons. The Hall–Kier alpha value is -1.53. The maximum Gasteiger partial charge on any atom is 0.226 e. The lowest BCUT2D eigenvalue weighted by Gasteiger charge is -2.05. The molecule has 0 saturated carbocycles. The number of hydrogen-bond acceptors (Lipinski definition) is 4. The molecular formula is C12H13N3OS2. The predicted octanol–water partition coefficient (Wildman–Crippen LogP) is 2.91. The Balaban J connectivity index is 2.00. The number of benzene rings is 1. The number of aromatic nitrogens is 1. The lowest BCUT2D eigenvalue weighted by Crippen LogP contribution is -2.33. The van der Waals surface area contributed by atoms with Gasteiger partial charge in [0.15, 0.2) is 10.2 Å². The fourth-order valence-corrected chi connectivity index (χ4v) is 2.62. The number of thiazole rings is 1. The fourth-order valence-electron chi connectivity index (χ4n) is 1.47. The molecule has 18 heavy (non-hydrogen) atoms. The lowest BCUT2D eigenvalue weighted by atomic mass is 10.3. The quantitative estimate of drug-likeness (QED) is 0.848. The van der Waals surface area contributed by atoms with Crippen LogP contribution in [0.3, 0.4) is 0 Å². The van der Waals surface area contributed by atoms with Gasteiger partial charge >= 0.3 is 0 Å². The average molecular weight is 279 g/mol. The number of carbonyl (C=O) groups is 1. The maximum absolute atomic E-state index is 11.4. The molecule has 1 aromatic carbocycles. The summed E-state index contributed by atoms with van der Waals surface area (Å²) in [5, 5.41) is 6.54. The first-order valence-corrected chi connectivity index (χ1v) is 6.88. The Morgan fingerprint density at radius 3 is 2.94 bits per heavy atom. The van der Waals surface area contributed by atoms with E-state index in [-0.39, 0.29) is 5.91 Å². The standard InChI is InChI=1S/C12H13N3OS2/c1-2-5-10(16)14-11(17)15-12-13-8-6-3-4-7-9(8)18-12/h3-4,6-7H,2,5H2,1H3,(H2,13,14,15,16,17). The Labute approximate surface area is 114 Å². The Morgan fingerprint density at radius 1 is 1.44 bits per heavy atom. The van der Waals surface area contributed by atoms with E-state index in [0.29, 0.717) is 16.7 Å². The SMILES string of the molecule is CCCC(=O)NC(=S)Nc1nc2ccccc2s1. The highest BCUT2D eigenvalue weighted by Crippen LogP contribution is 2.25. The van der Waals surface area contributed by atoms with Crippen LogP contribution in [0.2, 0.25) is 0 Å². The van der Waals surface area contributed by atoms with E-state index in [1.807, 2.05) is 31.2 Å². The monoisotopic (exact) mass is 279 g/mol. The maximum atomic E-state index is 11.4. The van der Waals surface area contributed by atoms with Crippen LogP contribution in [0.25, 0.3) is 10.2 Å². The number of rotatable bonds is 3. The van der Waals surface area contributed by atoms with Gasteiger partial charge in [-0.15, -0.1) is 0 Å². The first kappa shape index (κ1) is 12.9. The van der Waals surface area contributed by atoms with E-state index >= 15 is 0 Å². The van der Waals surface area contributed by atoms with Gasteiger partial charge in [-0.25, -0.2) is 4.98 Å². The zero-order valence-electron chi connectivity index (χ0n) is 9.90. The smallest absolute Gasteiger partial charge is 0.226 e. The van der Waals surface area contributed by atoms with Crippen molar-refractivity contribution in [1.29, 1.82) is 0 Å². The molecule has 0 aliphatic rings. The third-order valence-electron chi connectivity index (χ3n) is 2.24. The molecule has 0 fully saturated rings. The number of para-hydroxylation sites is 1. The van der Waals surface area contributed by atoms with Gasteiger partial charge in [0.2, 0.25) is 5.91 Å². The molecule has 4 nitrogen and oxygen atoms in total. The number of thiocarbonyl (C=S) groups is 1. The third kappa shape index (κ3) is 3.24. The number of hydrogen-bond donors (Lipinski definition) is 2. The largest absolute Gasteiger partial charge is 0.308 e. The molecule has 1 amide bonds. The topological polar surface area (TPSA) is 54.0 Å². The number of fused-ring (bicyclic) bond motifs is 1. The summed E-state index contributed by atoms with van der Waals surface area (Å²) in [7, 11) is 0. The van der Waals surface area contributed by atoms with Crippen molar-refractivity contribution < 1.29 is 4.79 Å². The predicted molar refractivity (Wildman–Crippen MR) is 78.9 cm³/mol. The van der Waals surface area contributed by atoms with Gasteiger partial charge in [0.25, 0.3) is 0 Å². The summed E-state index contributed by atoms with van der Waals surface area (Å²) in [5.41, 5.74) is 0.924. The summed E-state index contributed by atoms with van der Waals surface area (Å²) in [6.45, 7) is 1.95. The molecule has 2 rings (SSSR count). The van der Waals surface area contributed by atoms with E-state index in [1.165, 1.54) is 11.3 Å². The minimum absolute atomic E-state index is 0.0730. The zero-order chi connectivity index (χ0) is 13.0. The molecule has 2 aromatic rings. The Morgan fingerprint density at radius 2 is 2.22 bits per heavy atom. The summed E-state index contributed by atoms with van der Waals surface area (Å²) in [6.07, 6.45) is 1.28. The number of nitrogens with zero attached hydrogens (tertiary/aromatic N) is 1. The summed E-state index contributed by atoms with van der Waals surface area (Å²) in [6, 6.07) is 7.84. The van der Waals surface area contributed by atoms with Crippen molar-refractivity contribution in [3.8, 4) is 0 Å². The second kappa shape index (κ2) is 5.88. The molecule has 1 heterocycles. The third-order valence-corrected chi connectivity index (χ3v) is 3.40. The normalized spacial score (nSPS) is 10.3. The molecule has 0 aliphatic heterocycles. The lowest BCUT2D eigenvalue weighted by molar-refractivity contribution is -0.119. The van der Waals surface area contributed by atoms with Crippen LogP contribution in [-0.4, -0.2) is 16.0 Å². The number of carbonyl (C=O) groups excluding carboxylic acids is 1. The molecule has 0 radical (unpaired) electrons. The molecule has 1 aromatic heterocycles. The van der Waals surface area contributed by atoms with Crippen LogP contribution in [0.5, 0.6) is 0 Å². The molecule has 0 aliphatic carbocycles. The van der Waals surface area contributed by atoms with Crippen LogP contribution in [0.15, 0.2) is 24.3 Å². The highest BCUT2D eigenvalue weighted by Gasteiger charge is 2.07. The number of amides is 1. The van der Waals surface area contributed by atoms with Gasteiger partial charge in [-0.3, -0.25) is 4.79 Å². The molecule has 0 atom stereocenters. The molecule has 6 heteroatoms. The average Bonchev–Trinajstić information content (AvgIpc) is 2.70. The van der Waals surface area contributed by atoms with Crippen molar-refractivity contribution >= 4 is 49.9 Å². The number of nitrogens with one attached hydrogen (secondary N) is 2. The van der Waals surface area contributed by atoms with Crippen molar-refractivity contribution in [3.05, 3.63) is 24.3 Å². The minimum atomic E-state index is -0.0730. The molecule has 0 bridgehead atoms. The van der Waals surface area contributed by atoms with Gasteiger partial charge in [0, 0.05) is 6.42 Å². The second-order valence-corrected chi connectivity index (χ2v) is 5.18. The first-order chi connectivity index (χ1) is 8.69. The van der Waals surface area contributed by atoms with Crippen molar-refractivity contribution in [2.24, 2.45) is 0 Å².